The first-order valence-electron chi connectivity index (χ1n) is 7.22. The lowest BCUT2D eigenvalue weighted by Crippen LogP contribution is -2.10. The van der Waals surface area contributed by atoms with Crippen LogP contribution in [0.5, 0.6) is 11.6 Å². The van der Waals surface area contributed by atoms with Crippen LogP contribution in [0.2, 0.25) is 0 Å². The van der Waals surface area contributed by atoms with Crippen LogP contribution >= 0.6 is 0 Å². The van der Waals surface area contributed by atoms with Gasteiger partial charge in [0.2, 0.25) is 5.88 Å². The van der Waals surface area contributed by atoms with Gasteiger partial charge >= 0.3 is 0 Å². The number of pyridine rings is 1. The van der Waals surface area contributed by atoms with Gasteiger partial charge in [0, 0.05) is 17.8 Å². The minimum absolute atomic E-state index is 0.460. The van der Waals surface area contributed by atoms with E-state index in [1.807, 2.05) is 24.3 Å². The number of rotatable bonds is 3. The zero-order chi connectivity index (χ0) is 13.9. The number of nitrogens with zero attached hydrogens (tertiary/aromatic N) is 1. The van der Waals surface area contributed by atoms with Crippen molar-refractivity contribution in [3.63, 3.8) is 0 Å². The van der Waals surface area contributed by atoms with Crippen LogP contribution in [-0.2, 0) is 19.4 Å². The molecule has 0 bridgehead atoms. The second kappa shape index (κ2) is 5.63. The minimum Gasteiger partial charge on any atom is -0.439 e. The molecule has 1 heterocycles. The maximum atomic E-state index is 5.93. The Kier molecular flexibility index (Phi) is 3.70. The molecule has 1 aromatic carbocycles. The molecule has 0 saturated carbocycles. The molecule has 1 aliphatic carbocycles. The van der Waals surface area contributed by atoms with E-state index in [-0.39, 0.29) is 0 Å². The molecular formula is C17H20N2O. The molecule has 0 amide bonds. The first-order chi connectivity index (χ1) is 9.76. The minimum atomic E-state index is 0.460. The predicted molar refractivity (Wildman–Crippen MR) is 80.0 cm³/mol. The topological polar surface area (TPSA) is 48.1 Å². The number of nitrogens with two attached hydrogens (primary N) is 1. The second-order valence-electron chi connectivity index (χ2n) is 5.38. The molecule has 2 N–H and O–H groups in total. The van der Waals surface area contributed by atoms with Crippen LogP contribution in [0.3, 0.4) is 0 Å². The van der Waals surface area contributed by atoms with Crippen molar-refractivity contribution in [1.29, 1.82) is 0 Å². The van der Waals surface area contributed by atoms with Gasteiger partial charge in [-0.15, -0.1) is 0 Å². The van der Waals surface area contributed by atoms with Gasteiger partial charge in [0.15, 0.2) is 0 Å². The third-order valence-corrected chi connectivity index (χ3v) is 3.80. The van der Waals surface area contributed by atoms with Gasteiger partial charge in [-0.3, -0.25) is 0 Å². The summed E-state index contributed by atoms with van der Waals surface area (Å²) in [5.74, 6) is 1.48. The molecule has 0 atom stereocenters. The summed E-state index contributed by atoms with van der Waals surface area (Å²) in [6.45, 7) is 2.52. The summed E-state index contributed by atoms with van der Waals surface area (Å²) in [4.78, 5) is 4.70. The van der Waals surface area contributed by atoms with Crippen molar-refractivity contribution in [2.75, 3.05) is 0 Å². The van der Waals surface area contributed by atoms with Crippen LogP contribution in [-0.4, -0.2) is 4.98 Å². The highest BCUT2D eigenvalue weighted by atomic mass is 16.5. The standard InChI is InChI=1S/C17H20N2O/c1-12-6-8-15(9-7-12)20-17-14(11-18)10-13-4-2-3-5-16(13)19-17/h6-10H,2-5,11,18H2,1H3. The van der Waals surface area contributed by atoms with E-state index in [9.17, 15) is 0 Å². The Morgan fingerprint density at radius 2 is 1.90 bits per heavy atom. The summed E-state index contributed by atoms with van der Waals surface area (Å²) in [5.41, 5.74) is 10.6. The molecule has 104 valence electrons. The van der Waals surface area contributed by atoms with Crippen LogP contribution in [0.15, 0.2) is 30.3 Å². The van der Waals surface area contributed by atoms with E-state index in [0.717, 1.165) is 24.2 Å². The molecule has 2 aromatic rings. The third-order valence-electron chi connectivity index (χ3n) is 3.80. The van der Waals surface area contributed by atoms with Crippen molar-refractivity contribution in [1.82, 2.24) is 4.98 Å². The van der Waals surface area contributed by atoms with Crippen molar-refractivity contribution in [2.24, 2.45) is 5.73 Å². The van der Waals surface area contributed by atoms with E-state index < -0.39 is 0 Å². The largest absolute Gasteiger partial charge is 0.439 e. The van der Waals surface area contributed by atoms with Crippen LogP contribution in [0.25, 0.3) is 0 Å². The third kappa shape index (κ3) is 2.68. The lowest BCUT2D eigenvalue weighted by molar-refractivity contribution is 0.451. The maximum Gasteiger partial charge on any atom is 0.223 e. The van der Waals surface area contributed by atoms with Crippen LogP contribution in [0.4, 0.5) is 0 Å². The summed E-state index contributed by atoms with van der Waals surface area (Å²) in [7, 11) is 0. The first kappa shape index (κ1) is 13.1. The molecule has 0 spiro atoms. The first-order valence-corrected chi connectivity index (χ1v) is 7.22. The summed E-state index contributed by atoms with van der Waals surface area (Å²) < 4.78 is 5.93. The molecule has 3 rings (SSSR count). The van der Waals surface area contributed by atoms with Crippen molar-refractivity contribution >= 4 is 0 Å². The molecule has 0 radical (unpaired) electrons. The number of hydrogen-bond acceptors (Lipinski definition) is 3. The fourth-order valence-corrected chi connectivity index (χ4v) is 2.61. The number of benzene rings is 1. The molecule has 0 unspecified atom stereocenters. The fraction of sp³-hybridized carbons (Fsp3) is 0.353. The van der Waals surface area contributed by atoms with Gasteiger partial charge in [-0.2, -0.15) is 0 Å². The van der Waals surface area contributed by atoms with Crippen molar-refractivity contribution in [2.45, 2.75) is 39.2 Å². The Bertz CT molecular complexity index is 605. The molecule has 1 aromatic heterocycles. The lowest BCUT2D eigenvalue weighted by atomic mass is 9.95. The summed E-state index contributed by atoms with van der Waals surface area (Å²) in [6, 6.07) is 10.2. The number of hydrogen-bond donors (Lipinski definition) is 1. The van der Waals surface area contributed by atoms with Crippen LogP contribution in [0.1, 0.15) is 35.2 Å². The molecule has 3 nitrogen and oxygen atoms in total. The van der Waals surface area contributed by atoms with Gasteiger partial charge in [0.1, 0.15) is 5.75 Å². The van der Waals surface area contributed by atoms with Crippen molar-refractivity contribution in [3.05, 3.63) is 52.7 Å². The molecule has 0 fully saturated rings. The fourth-order valence-electron chi connectivity index (χ4n) is 2.61. The summed E-state index contributed by atoms with van der Waals surface area (Å²) >= 11 is 0. The molecule has 3 heteroatoms. The van der Waals surface area contributed by atoms with E-state index in [1.54, 1.807) is 0 Å². The van der Waals surface area contributed by atoms with E-state index in [4.69, 9.17) is 15.5 Å². The Morgan fingerprint density at radius 3 is 2.65 bits per heavy atom. The maximum absolute atomic E-state index is 5.93. The summed E-state index contributed by atoms with van der Waals surface area (Å²) in [5, 5.41) is 0. The van der Waals surface area contributed by atoms with Gasteiger partial charge in [0.25, 0.3) is 0 Å². The van der Waals surface area contributed by atoms with Crippen LogP contribution < -0.4 is 10.5 Å². The normalized spacial score (nSPS) is 13.9. The van der Waals surface area contributed by atoms with Crippen LogP contribution in [0, 0.1) is 6.92 Å². The second-order valence-corrected chi connectivity index (χ2v) is 5.38. The Labute approximate surface area is 119 Å². The zero-order valence-corrected chi connectivity index (χ0v) is 11.9. The van der Waals surface area contributed by atoms with E-state index in [0.29, 0.717) is 12.4 Å². The molecule has 0 aliphatic heterocycles. The van der Waals surface area contributed by atoms with Gasteiger partial charge in [-0.25, -0.2) is 4.98 Å². The number of aryl methyl sites for hydroxylation is 3. The number of fused-ring (bicyclic) bond motifs is 1. The molecular weight excluding hydrogens is 248 g/mol. The zero-order valence-electron chi connectivity index (χ0n) is 11.9. The Hall–Kier alpha value is -1.87. The van der Waals surface area contributed by atoms with Gasteiger partial charge in [0.05, 0.1) is 0 Å². The van der Waals surface area contributed by atoms with E-state index >= 15 is 0 Å². The lowest BCUT2D eigenvalue weighted by Gasteiger charge is -2.18. The Morgan fingerprint density at radius 1 is 1.15 bits per heavy atom. The summed E-state index contributed by atoms with van der Waals surface area (Å²) in [6.07, 6.45) is 4.62. The highest BCUT2D eigenvalue weighted by molar-refractivity contribution is 5.39. The van der Waals surface area contributed by atoms with Gasteiger partial charge in [-0.1, -0.05) is 17.7 Å². The monoisotopic (exact) mass is 268 g/mol. The number of ether oxygens (including phenoxy) is 1. The molecule has 1 aliphatic rings. The average molecular weight is 268 g/mol. The molecule has 0 saturated heterocycles. The number of aromatic nitrogens is 1. The van der Waals surface area contributed by atoms with E-state index in [1.165, 1.54) is 29.7 Å². The predicted octanol–water partition coefficient (Wildman–Crippen LogP) is 3.52. The Balaban J connectivity index is 1.93. The van der Waals surface area contributed by atoms with E-state index in [2.05, 4.69) is 13.0 Å². The van der Waals surface area contributed by atoms with Crippen molar-refractivity contribution < 1.29 is 4.74 Å². The smallest absolute Gasteiger partial charge is 0.223 e. The SMILES string of the molecule is Cc1ccc(Oc2nc3c(cc2CN)CCCC3)cc1. The van der Waals surface area contributed by atoms with Gasteiger partial charge in [-0.05, 0) is 56.4 Å². The highest BCUT2D eigenvalue weighted by Crippen LogP contribution is 2.29. The average Bonchev–Trinajstić information content (AvgIpc) is 2.49. The molecule has 20 heavy (non-hydrogen) atoms. The van der Waals surface area contributed by atoms with Gasteiger partial charge < -0.3 is 10.5 Å². The quantitative estimate of drug-likeness (QED) is 0.926. The highest BCUT2D eigenvalue weighted by Gasteiger charge is 2.15. The van der Waals surface area contributed by atoms with Crippen molar-refractivity contribution in [3.8, 4) is 11.6 Å².